The monoisotopic (exact) mass is 495 g/mol. The van der Waals surface area contributed by atoms with E-state index in [9.17, 15) is 23.3 Å². The fourth-order valence-corrected chi connectivity index (χ4v) is 4.78. The summed E-state index contributed by atoms with van der Waals surface area (Å²) >= 11 is 1.11. The van der Waals surface area contributed by atoms with Gasteiger partial charge in [0.1, 0.15) is 10.6 Å². The van der Waals surface area contributed by atoms with Crippen molar-refractivity contribution >= 4 is 50.4 Å². The van der Waals surface area contributed by atoms with Crippen LogP contribution in [-0.4, -0.2) is 24.4 Å². The van der Waals surface area contributed by atoms with Gasteiger partial charge in [0, 0.05) is 17.7 Å². The van der Waals surface area contributed by atoms with Crippen molar-refractivity contribution in [2.45, 2.75) is 11.8 Å². The highest BCUT2D eigenvalue weighted by atomic mass is 32.2. The number of rotatable bonds is 6. The van der Waals surface area contributed by atoms with Crippen LogP contribution in [0.3, 0.4) is 0 Å². The summed E-state index contributed by atoms with van der Waals surface area (Å²) in [6.07, 6.45) is 1.50. The highest BCUT2D eigenvalue weighted by Crippen LogP contribution is 2.32. The second kappa shape index (κ2) is 9.49. The van der Waals surface area contributed by atoms with E-state index in [-0.39, 0.29) is 22.2 Å². The molecule has 0 saturated carbocycles. The number of hydrogen-bond acceptors (Lipinski definition) is 8. The van der Waals surface area contributed by atoms with Gasteiger partial charge in [-0.1, -0.05) is 42.0 Å². The second-order valence-electron chi connectivity index (χ2n) is 7.15. The summed E-state index contributed by atoms with van der Waals surface area (Å²) in [4.78, 5) is 27.1. The maximum Gasteiger partial charge on any atom is 0.339 e. The van der Waals surface area contributed by atoms with Crippen molar-refractivity contribution in [2.75, 3.05) is 0 Å². The molecule has 34 heavy (non-hydrogen) atoms. The molecule has 1 aliphatic rings. The number of hydrogen-bond donors (Lipinski definition) is 1. The van der Waals surface area contributed by atoms with Crippen molar-refractivity contribution in [2.24, 2.45) is 4.99 Å². The highest BCUT2D eigenvalue weighted by molar-refractivity contribution is 8.18. The number of nitrogens with one attached hydrogen (secondary N) is 1. The number of aryl methyl sites for hydroxylation is 1. The van der Waals surface area contributed by atoms with Gasteiger partial charge in [0.2, 0.25) is 0 Å². The lowest BCUT2D eigenvalue weighted by Gasteiger charge is -2.09. The molecule has 172 valence electrons. The fourth-order valence-electron chi connectivity index (χ4n) is 2.95. The van der Waals surface area contributed by atoms with Crippen LogP contribution >= 0.6 is 11.8 Å². The van der Waals surface area contributed by atoms with Gasteiger partial charge >= 0.3 is 10.1 Å². The van der Waals surface area contributed by atoms with Crippen LogP contribution in [0.15, 0.2) is 87.6 Å². The summed E-state index contributed by atoms with van der Waals surface area (Å²) in [5.41, 5.74) is 1.73. The zero-order chi connectivity index (χ0) is 24.3. The van der Waals surface area contributed by atoms with Crippen molar-refractivity contribution < 1.29 is 22.3 Å². The minimum absolute atomic E-state index is 0.0289. The van der Waals surface area contributed by atoms with Crippen LogP contribution < -0.4 is 9.50 Å². The zero-order valence-electron chi connectivity index (χ0n) is 17.7. The van der Waals surface area contributed by atoms with Crippen molar-refractivity contribution in [1.29, 1.82) is 0 Å². The third-order valence-electron chi connectivity index (χ3n) is 4.64. The first-order chi connectivity index (χ1) is 16.2. The van der Waals surface area contributed by atoms with E-state index in [1.807, 2.05) is 31.2 Å². The molecular formula is C23H17N3O6S2. The van der Waals surface area contributed by atoms with Crippen molar-refractivity contribution in [3.63, 3.8) is 0 Å². The minimum Gasteiger partial charge on any atom is -0.378 e. The number of aliphatic imine (C=N–C) groups is 1. The average Bonchev–Trinajstić information content (AvgIpc) is 3.15. The summed E-state index contributed by atoms with van der Waals surface area (Å²) < 4.78 is 30.7. The Labute approximate surface area is 199 Å². The van der Waals surface area contributed by atoms with E-state index in [1.54, 1.807) is 18.2 Å². The predicted molar refractivity (Wildman–Crippen MR) is 129 cm³/mol. The van der Waals surface area contributed by atoms with E-state index in [1.165, 1.54) is 30.3 Å². The molecule has 0 atom stereocenters. The van der Waals surface area contributed by atoms with Crippen molar-refractivity contribution in [3.05, 3.63) is 98.9 Å². The molecule has 3 aromatic carbocycles. The van der Waals surface area contributed by atoms with Crippen LogP contribution in [-0.2, 0) is 14.9 Å². The summed E-state index contributed by atoms with van der Waals surface area (Å²) in [6, 6.07) is 18.3. The third kappa shape index (κ3) is 5.33. The number of amides is 1. The first kappa shape index (κ1) is 23.2. The Kier molecular flexibility index (Phi) is 6.48. The quantitative estimate of drug-likeness (QED) is 0.230. The molecule has 0 radical (unpaired) electrons. The molecule has 11 heteroatoms. The Balaban J connectivity index is 1.60. The summed E-state index contributed by atoms with van der Waals surface area (Å²) in [6.45, 7) is 1.96. The molecule has 0 aromatic heterocycles. The largest absolute Gasteiger partial charge is 0.378 e. The van der Waals surface area contributed by atoms with Gasteiger partial charge in [-0.2, -0.15) is 8.42 Å². The Bertz CT molecular complexity index is 1450. The predicted octanol–water partition coefficient (Wildman–Crippen LogP) is 4.56. The normalized spacial score (nSPS) is 16.0. The molecule has 9 nitrogen and oxygen atoms in total. The summed E-state index contributed by atoms with van der Waals surface area (Å²) in [5, 5.41) is 14.1. The van der Waals surface area contributed by atoms with E-state index >= 15 is 0 Å². The molecule has 1 aliphatic heterocycles. The zero-order valence-corrected chi connectivity index (χ0v) is 19.3. The molecule has 1 fully saturated rings. The Morgan fingerprint density at radius 2 is 1.79 bits per heavy atom. The van der Waals surface area contributed by atoms with E-state index in [4.69, 9.17) is 4.18 Å². The van der Waals surface area contributed by atoms with E-state index in [2.05, 4.69) is 10.3 Å². The number of carbonyl (C=O) groups excluding carboxylic acids is 1. The molecular weight excluding hydrogens is 478 g/mol. The number of nitrogens with zero attached hydrogens (tertiary/aromatic N) is 2. The maximum atomic E-state index is 12.7. The molecule has 0 bridgehead atoms. The number of para-hydroxylation sites is 1. The second-order valence-corrected chi connectivity index (χ2v) is 9.72. The first-order valence-corrected chi connectivity index (χ1v) is 12.1. The Morgan fingerprint density at radius 3 is 2.53 bits per heavy atom. The smallest absolute Gasteiger partial charge is 0.339 e. The van der Waals surface area contributed by atoms with Gasteiger partial charge in [-0.25, -0.2) is 4.99 Å². The molecule has 0 unspecified atom stereocenters. The van der Waals surface area contributed by atoms with Crippen LogP contribution in [0.1, 0.15) is 11.1 Å². The third-order valence-corrected chi connectivity index (χ3v) is 6.78. The van der Waals surface area contributed by atoms with Gasteiger partial charge in [-0.05, 0) is 49.0 Å². The molecule has 0 aliphatic carbocycles. The van der Waals surface area contributed by atoms with Gasteiger partial charge in [0.15, 0.2) is 5.17 Å². The number of nitro groups is 1. The van der Waals surface area contributed by atoms with Crippen LogP contribution in [0.25, 0.3) is 6.08 Å². The van der Waals surface area contributed by atoms with Crippen molar-refractivity contribution in [3.8, 4) is 5.75 Å². The molecule has 1 saturated heterocycles. The van der Waals surface area contributed by atoms with Gasteiger partial charge < -0.3 is 9.50 Å². The Hall–Kier alpha value is -3.96. The molecule has 4 rings (SSSR count). The lowest BCUT2D eigenvalue weighted by molar-refractivity contribution is -0.385. The topological polar surface area (TPSA) is 128 Å². The number of non-ortho nitro benzene ring substituents is 1. The molecule has 1 heterocycles. The fraction of sp³-hybridized carbons (Fsp3) is 0.0435. The first-order valence-electron chi connectivity index (χ1n) is 9.85. The summed E-state index contributed by atoms with van der Waals surface area (Å²) in [7, 11) is -4.36. The van der Waals surface area contributed by atoms with Gasteiger partial charge in [-0.15, -0.1) is 0 Å². The lowest BCUT2D eigenvalue weighted by Crippen LogP contribution is -2.19. The molecule has 3 aromatic rings. The van der Waals surface area contributed by atoms with Crippen LogP contribution in [0.5, 0.6) is 5.75 Å². The van der Waals surface area contributed by atoms with Gasteiger partial charge in [0.05, 0.1) is 15.5 Å². The van der Waals surface area contributed by atoms with Crippen LogP contribution in [0.4, 0.5) is 11.4 Å². The van der Waals surface area contributed by atoms with Crippen LogP contribution in [0, 0.1) is 17.0 Å². The molecule has 1 N–H and O–H groups in total. The standard InChI is InChI=1S/C23H17N3O6S2/c1-15-9-11-17(12-10-15)24-23-25-22(27)21(33-23)13-16-5-2-3-8-20(16)32-34(30,31)19-7-4-6-18(14-19)26(28)29/h2-14H,1H3,(H,24,25,27)/b21-13-. The minimum atomic E-state index is -4.36. The SMILES string of the molecule is Cc1ccc(N=C2NC(=O)/C(=C/c3ccccc3OS(=O)(=O)c3cccc([N+](=O)[O-])c3)S2)cc1. The number of nitro benzene ring substituents is 1. The number of benzene rings is 3. The van der Waals surface area contributed by atoms with Crippen LogP contribution in [0.2, 0.25) is 0 Å². The van der Waals surface area contributed by atoms with Gasteiger partial charge in [0.25, 0.3) is 11.6 Å². The van der Waals surface area contributed by atoms with E-state index in [0.717, 1.165) is 23.4 Å². The highest BCUT2D eigenvalue weighted by Gasteiger charge is 2.25. The van der Waals surface area contributed by atoms with E-state index in [0.29, 0.717) is 21.3 Å². The number of thioether (sulfide) groups is 1. The van der Waals surface area contributed by atoms with Gasteiger partial charge in [-0.3, -0.25) is 14.9 Å². The number of amidine groups is 1. The number of carbonyl (C=O) groups is 1. The Morgan fingerprint density at radius 1 is 1.06 bits per heavy atom. The van der Waals surface area contributed by atoms with Crippen molar-refractivity contribution in [1.82, 2.24) is 5.32 Å². The molecule has 0 spiro atoms. The average molecular weight is 496 g/mol. The maximum absolute atomic E-state index is 12.7. The molecule has 1 amide bonds. The lowest BCUT2D eigenvalue weighted by atomic mass is 10.2. The summed E-state index contributed by atoms with van der Waals surface area (Å²) in [5.74, 6) is -0.411. The van der Waals surface area contributed by atoms with E-state index < -0.39 is 15.0 Å².